The van der Waals surface area contributed by atoms with Crippen LogP contribution < -0.4 is 0 Å². The van der Waals surface area contributed by atoms with Crippen molar-refractivity contribution < 1.29 is 13.2 Å². The van der Waals surface area contributed by atoms with Crippen LogP contribution in [0.25, 0.3) is 0 Å². The maximum atomic E-state index is 11.7. The molecular formula is C8H16N2O3S. The first kappa shape index (κ1) is 11.5. The Bertz CT molecular complexity index is 323. The second-order valence-electron chi connectivity index (χ2n) is 3.74. The van der Waals surface area contributed by atoms with Gasteiger partial charge in [0.15, 0.2) is 0 Å². The molecule has 0 aliphatic carbocycles. The number of rotatable bonds is 2. The lowest BCUT2D eigenvalue weighted by molar-refractivity contribution is -0.132. The molecule has 1 fully saturated rings. The molecule has 0 spiro atoms. The second-order valence-corrected chi connectivity index (χ2v) is 6.23. The molecule has 0 aromatic rings. The van der Waals surface area contributed by atoms with Crippen LogP contribution in [0.15, 0.2) is 0 Å². The van der Waals surface area contributed by atoms with Crippen molar-refractivity contribution >= 4 is 15.9 Å². The molecule has 0 atom stereocenters. The molecule has 0 unspecified atom stereocenters. The van der Waals surface area contributed by atoms with E-state index in [1.54, 1.807) is 25.8 Å². The van der Waals surface area contributed by atoms with Crippen molar-refractivity contribution in [1.29, 1.82) is 0 Å². The maximum absolute atomic E-state index is 11.7. The van der Waals surface area contributed by atoms with E-state index in [-0.39, 0.29) is 12.5 Å². The molecule has 1 aliphatic heterocycles. The Morgan fingerprint density at radius 1 is 1.29 bits per heavy atom. The highest BCUT2D eigenvalue weighted by Crippen LogP contribution is 2.11. The molecule has 0 bridgehead atoms. The van der Waals surface area contributed by atoms with Gasteiger partial charge in [0.25, 0.3) is 0 Å². The van der Waals surface area contributed by atoms with E-state index in [1.807, 2.05) is 0 Å². The summed E-state index contributed by atoms with van der Waals surface area (Å²) in [7, 11) is -1.59. The van der Waals surface area contributed by atoms with Crippen LogP contribution in [0, 0.1) is 0 Å². The highest BCUT2D eigenvalue weighted by atomic mass is 32.2. The van der Waals surface area contributed by atoms with Crippen LogP contribution in [0.2, 0.25) is 0 Å². The molecule has 1 aliphatic rings. The lowest BCUT2D eigenvalue weighted by atomic mass is 10.4. The molecule has 1 saturated heterocycles. The number of amides is 1. The lowest BCUT2D eigenvalue weighted by Crippen LogP contribution is -2.52. The number of likely N-dealkylation sites (N-methyl/N-ethyl adjacent to an activating group) is 1. The monoisotopic (exact) mass is 220 g/mol. The van der Waals surface area contributed by atoms with Gasteiger partial charge in [0, 0.05) is 20.1 Å². The number of piperazine rings is 1. The van der Waals surface area contributed by atoms with E-state index in [9.17, 15) is 13.2 Å². The summed E-state index contributed by atoms with van der Waals surface area (Å²) in [5.74, 6) is -0.138. The minimum Gasteiger partial charge on any atom is -0.343 e. The third kappa shape index (κ3) is 2.06. The van der Waals surface area contributed by atoms with E-state index in [1.165, 1.54) is 4.31 Å². The maximum Gasteiger partial charge on any atom is 0.237 e. The Labute approximate surface area is 84.7 Å². The van der Waals surface area contributed by atoms with E-state index in [2.05, 4.69) is 0 Å². The minimum absolute atomic E-state index is 0.0169. The quantitative estimate of drug-likeness (QED) is 0.630. The standard InChI is InChI=1S/C8H16N2O3S/c1-7(2)14(12,13)10-5-4-9(3)8(11)6-10/h7H,4-6H2,1-3H3. The molecule has 0 saturated carbocycles. The van der Waals surface area contributed by atoms with Crippen LogP contribution in [0.1, 0.15) is 13.8 Å². The van der Waals surface area contributed by atoms with Crippen LogP contribution in [0.5, 0.6) is 0 Å². The Balaban J connectivity index is 2.78. The Morgan fingerprint density at radius 2 is 1.86 bits per heavy atom. The predicted octanol–water partition coefficient (Wildman–Crippen LogP) is -0.501. The van der Waals surface area contributed by atoms with Gasteiger partial charge in [0.05, 0.1) is 11.8 Å². The predicted molar refractivity (Wildman–Crippen MR) is 53.3 cm³/mol. The zero-order valence-electron chi connectivity index (χ0n) is 8.73. The summed E-state index contributed by atoms with van der Waals surface area (Å²) in [6, 6.07) is 0. The highest BCUT2D eigenvalue weighted by molar-refractivity contribution is 7.89. The van der Waals surface area contributed by atoms with Crippen LogP contribution in [0.3, 0.4) is 0 Å². The van der Waals surface area contributed by atoms with Gasteiger partial charge in [-0.2, -0.15) is 4.31 Å². The normalized spacial score (nSPS) is 20.6. The van der Waals surface area contributed by atoms with E-state index in [0.717, 1.165) is 0 Å². The summed E-state index contributed by atoms with van der Waals surface area (Å²) in [4.78, 5) is 12.8. The van der Waals surface area contributed by atoms with E-state index in [4.69, 9.17) is 0 Å². The summed E-state index contributed by atoms with van der Waals surface area (Å²) >= 11 is 0. The van der Waals surface area contributed by atoms with Gasteiger partial charge in [-0.1, -0.05) is 0 Å². The van der Waals surface area contributed by atoms with Crippen molar-refractivity contribution in [2.75, 3.05) is 26.7 Å². The first-order valence-corrected chi connectivity index (χ1v) is 6.09. The van der Waals surface area contributed by atoms with Gasteiger partial charge in [0.2, 0.25) is 15.9 Å². The summed E-state index contributed by atoms with van der Waals surface area (Å²) in [6.45, 7) is 4.11. The number of carbonyl (C=O) groups excluding carboxylic acids is 1. The van der Waals surface area contributed by atoms with Crippen LogP contribution in [-0.4, -0.2) is 55.5 Å². The largest absolute Gasteiger partial charge is 0.343 e. The van der Waals surface area contributed by atoms with Crippen molar-refractivity contribution in [2.24, 2.45) is 0 Å². The summed E-state index contributed by atoms with van der Waals surface area (Å²) in [5, 5.41) is -0.460. The van der Waals surface area contributed by atoms with Crippen molar-refractivity contribution in [2.45, 2.75) is 19.1 Å². The average Bonchev–Trinajstić information content (AvgIpc) is 2.09. The summed E-state index contributed by atoms with van der Waals surface area (Å²) < 4.78 is 24.6. The topological polar surface area (TPSA) is 57.7 Å². The third-order valence-corrected chi connectivity index (χ3v) is 4.60. The molecule has 0 N–H and O–H groups in total. The molecular weight excluding hydrogens is 204 g/mol. The van der Waals surface area contributed by atoms with Gasteiger partial charge in [0.1, 0.15) is 0 Å². The molecule has 14 heavy (non-hydrogen) atoms. The lowest BCUT2D eigenvalue weighted by Gasteiger charge is -2.32. The van der Waals surface area contributed by atoms with Gasteiger partial charge in [-0.3, -0.25) is 4.79 Å². The zero-order valence-corrected chi connectivity index (χ0v) is 9.54. The Kier molecular flexibility index (Phi) is 3.16. The van der Waals surface area contributed by atoms with Crippen molar-refractivity contribution in [3.63, 3.8) is 0 Å². The van der Waals surface area contributed by atoms with Gasteiger partial charge in [-0.05, 0) is 13.8 Å². The van der Waals surface area contributed by atoms with Crippen molar-refractivity contribution in [3.8, 4) is 0 Å². The molecule has 5 nitrogen and oxygen atoms in total. The fourth-order valence-electron chi connectivity index (χ4n) is 1.25. The molecule has 1 rings (SSSR count). The van der Waals surface area contributed by atoms with Crippen molar-refractivity contribution in [1.82, 2.24) is 9.21 Å². The highest BCUT2D eigenvalue weighted by Gasteiger charge is 2.31. The van der Waals surface area contributed by atoms with Crippen LogP contribution in [-0.2, 0) is 14.8 Å². The van der Waals surface area contributed by atoms with E-state index < -0.39 is 15.3 Å². The number of hydrogen-bond donors (Lipinski definition) is 0. The van der Waals surface area contributed by atoms with E-state index in [0.29, 0.717) is 13.1 Å². The van der Waals surface area contributed by atoms with Gasteiger partial charge in [-0.25, -0.2) is 8.42 Å². The molecule has 82 valence electrons. The molecule has 6 heteroatoms. The van der Waals surface area contributed by atoms with Crippen molar-refractivity contribution in [3.05, 3.63) is 0 Å². The van der Waals surface area contributed by atoms with Crippen LogP contribution >= 0.6 is 0 Å². The second kappa shape index (κ2) is 3.86. The third-order valence-electron chi connectivity index (χ3n) is 2.38. The number of sulfonamides is 1. The Morgan fingerprint density at radius 3 is 2.29 bits per heavy atom. The minimum atomic E-state index is -3.27. The number of nitrogens with zero attached hydrogens (tertiary/aromatic N) is 2. The van der Waals surface area contributed by atoms with E-state index >= 15 is 0 Å². The smallest absolute Gasteiger partial charge is 0.237 e. The number of hydrogen-bond acceptors (Lipinski definition) is 3. The molecule has 1 amide bonds. The number of carbonyl (C=O) groups is 1. The van der Waals surface area contributed by atoms with Crippen LogP contribution in [0.4, 0.5) is 0 Å². The SMILES string of the molecule is CC(C)S(=O)(=O)N1CCN(C)C(=O)C1. The fourth-order valence-corrected chi connectivity index (χ4v) is 2.48. The molecule has 0 radical (unpaired) electrons. The molecule has 0 aromatic heterocycles. The first-order valence-electron chi connectivity index (χ1n) is 4.58. The first-order chi connectivity index (χ1) is 6.35. The van der Waals surface area contributed by atoms with Gasteiger partial charge < -0.3 is 4.90 Å². The molecule has 0 aromatic carbocycles. The zero-order chi connectivity index (χ0) is 10.9. The fraction of sp³-hybridized carbons (Fsp3) is 0.875. The van der Waals surface area contributed by atoms with Gasteiger partial charge >= 0.3 is 0 Å². The Hall–Kier alpha value is -0.620. The van der Waals surface area contributed by atoms with Gasteiger partial charge in [-0.15, -0.1) is 0 Å². The average molecular weight is 220 g/mol. The molecule has 1 heterocycles. The summed E-state index contributed by atoms with van der Waals surface area (Å²) in [5.41, 5.74) is 0. The summed E-state index contributed by atoms with van der Waals surface area (Å²) in [6.07, 6.45) is 0.